The number of carbonyl (C=O) groups is 1. The van der Waals surface area contributed by atoms with E-state index < -0.39 is 10.5 Å². The molecule has 0 fully saturated rings. The van der Waals surface area contributed by atoms with Gasteiger partial charge in [-0.3, -0.25) is 14.9 Å². The molecule has 0 bridgehead atoms. The van der Waals surface area contributed by atoms with Crippen LogP contribution in [0.15, 0.2) is 29.2 Å². The predicted molar refractivity (Wildman–Crippen MR) is 75.1 cm³/mol. The average Bonchev–Trinajstić information content (AvgIpc) is 2.38. The highest BCUT2D eigenvalue weighted by atomic mass is 32.2. The largest absolute Gasteiger partial charge is 0.368 e. The third kappa shape index (κ3) is 4.22. The minimum absolute atomic E-state index is 0.0709. The predicted octanol–water partition coefficient (Wildman–Crippen LogP) is 1.54. The van der Waals surface area contributed by atoms with Crippen molar-refractivity contribution in [1.82, 2.24) is 5.32 Å². The van der Waals surface area contributed by atoms with E-state index in [-0.39, 0.29) is 11.6 Å². The fourth-order valence-electron chi connectivity index (χ4n) is 1.41. The van der Waals surface area contributed by atoms with Gasteiger partial charge in [-0.1, -0.05) is 0 Å². The highest BCUT2D eigenvalue weighted by Gasteiger charge is 2.28. The van der Waals surface area contributed by atoms with E-state index in [4.69, 9.17) is 5.73 Å². The zero-order valence-electron chi connectivity index (χ0n) is 10.9. The summed E-state index contributed by atoms with van der Waals surface area (Å²) in [4.78, 5) is 22.3. The summed E-state index contributed by atoms with van der Waals surface area (Å²) in [5, 5.41) is 13.4. The average molecular weight is 283 g/mol. The summed E-state index contributed by atoms with van der Waals surface area (Å²) in [6.45, 7) is 1.76. The number of nitrogens with one attached hydrogen (secondary N) is 1. The van der Waals surface area contributed by atoms with Crippen molar-refractivity contribution in [2.75, 3.05) is 12.8 Å². The highest BCUT2D eigenvalue weighted by Crippen LogP contribution is 2.24. The molecule has 0 saturated carbocycles. The van der Waals surface area contributed by atoms with Crippen LogP contribution in [-0.4, -0.2) is 29.2 Å². The molecule has 0 saturated heterocycles. The molecular weight excluding hydrogens is 266 g/mol. The first-order chi connectivity index (χ1) is 8.89. The number of nitro benzene ring substituents is 1. The van der Waals surface area contributed by atoms with Crippen molar-refractivity contribution in [3.63, 3.8) is 0 Å². The minimum Gasteiger partial charge on any atom is -0.368 e. The zero-order chi connectivity index (χ0) is 14.5. The van der Waals surface area contributed by atoms with Gasteiger partial charge in [0.05, 0.1) is 10.5 Å². The van der Waals surface area contributed by atoms with Crippen LogP contribution in [0.4, 0.5) is 5.69 Å². The van der Waals surface area contributed by atoms with E-state index >= 15 is 0 Å². The molecule has 1 aromatic rings. The van der Waals surface area contributed by atoms with E-state index in [0.717, 1.165) is 4.90 Å². The van der Waals surface area contributed by atoms with Gasteiger partial charge < -0.3 is 11.1 Å². The van der Waals surface area contributed by atoms with Crippen molar-refractivity contribution in [2.45, 2.75) is 23.8 Å². The van der Waals surface area contributed by atoms with Gasteiger partial charge in [0.2, 0.25) is 5.91 Å². The van der Waals surface area contributed by atoms with E-state index in [1.165, 1.54) is 23.9 Å². The molecule has 1 aromatic carbocycles. The summed E-state index contributed by atoms with van der Waals surface area (Å²) in [6, 6.07) is 6.33. The molecule has 0 spiro atoms. The fourth-order valence-corrected chi connectivity index (χ4v) is 2.48. The molecule has 0 radical (unpaired) electrons. The van der Waals surface area contributed by atoms with Gasteiger partial charge in [-0.2, -0.15) is 0 Å². The number of benzene rings is 1. The lowest BCUT2D eigenvalue weighted by atomic mass is 9.99. The number of rotatable bonds is 7. The Hall–Kier alpha value is -1.60. The molecule has 104 valence electrons. The minimum atomic E-state index is -0.728. The van der Waals surface area contributed by atoms with Crippen LogP contribution in [0, 0.1) is 10.1 Å². The Labute approximate surface area is 115 Å². The first kappa shape index (κ1) is 15.5. The Morgan fingerprint density at radius 3 is 2.47 bits per heavy atom. The summed E-state index contributed by atoms with van der Waals surface area (Å²) >= 11 is 1.53. The van der Waals surface area contributed by atoms with Crippen LogP contribution >= 0.6 is 11.8 Å². The number of hydrogen-bond acceptors (Lipinski definition) is 5. The summed E-state index contributed by atoms with van der Waals surface area (Å²) in [5.74, 6) is 0.303. The van der Waals surface area contributed by atoms with Gasteiger partial charge in [0.1, 0.15) is 0 Å². The third-order valence-corrected chi connectivity index (χ3v) is 4.03. The summed E-state index contributed by atoms with van der Waals surface area (Å²) in [5.41, 5.74) is 4.67. The first-order valence-corrected chi connectivity index (χ1v) is 6.73. The zero-order valence-corrected chi connectivity index (χ0v) is 11.7. The van der Waals surface area contributed by atoms with Crippen molar-refractivity contribution >= 4 is 23.4 Å². The van der Waals surface area contributed by atoms with Gasteiger partial charge in [0, 0.05) is 22.8 Å². The number of nitrogens with two attached hydrogens (primary N) is 1. The van der Waals surface area contributed by atoms with E-state index in [1.54, 1.807) is 26.1 Å². The van der Waals surface area contributed by atoms with E-state index in [1.807, 2.05) is 0 Å². The summed E-state index contributed by atoms with van der Waals surface area (Å²) in [6.07, 6.45) is 0.584. The van der Waals surface area contributed by atoms with Crippen LogP contribution in [0.2, 0.25) is 0 Å². The number of nitrogens with zero attached hydrogens (tertiary/aromatic N) is 1. The van der Waals surface area contributed by atoms with Crippen molar-refractivity contribution < 1.29 is 9.72 Å². The molecule has 6 nitrogen and oxygen atoms in total. The van der Waals surface area contributed by atoms with Gasteiger partial charge in [0.25, 0.3) is 5.69 Å². The first-order valence-electron chi connectivity index (χ1n) is 5.75. The van der Waals surface area contributed by atoms with Gasteiger partial charge in [-0.25, -0.2) is 0 Å². The van der Waals surface area contributed by atoms with Crippen LogP contribution in [0.5, 0.6) is 0 Å². The molecule has 0 aromatic heterocycles. The van der Waals surface area contributed by atoms with E-state index in [0.29, 0.717) is 12.2 Å². The topological polar surface area (TPSA) is 98.3 Å². The monoisotopic (exact) mass is 283 g/mol. The second-order valence-electron chi connectivity index (χ2n) is 4.30. The smallest absolute Gasteiger partial charge is 0.269 e. The molecule has 0 aliphatic carbocycles. The normalized spacial score (nSPS) is 13.8. The Morgan fingerprint density at radius 2 is 2.05 bits per heavy atom. The molecular formula is C12H17N3O3S. The van der Waals surface area contributed by atoms with Gasteiger partial charge >= 0.3 is 0 Å². The molecule has 7 heteroatoms. The van der Waals surface area contributed by atoms with E-state index in [9.17, 15) is 14.9 Å². The number of carbonyl (C=O) groups excluding carboxylic acids is 1. The lowest BCUT2D eigenvalue weighted by Gasteiger charge is -2.25. The van der Waals surface area contributed by atoms with Crippen LogP contribution in [0.1, 0.15) is 13.3 Å². The number of amides is 1. The number of nitro groups is 1. The third-order valence-electron chi connectivity index (χ3n) is 3.01. The number of likely N-dealkylation sites (N-methyl/N-ethyl adjacent to an activating group) is 1. The fraction of sp³-hybridized carbons (Fsp3) is 0.417. The quantitative estimate of drug-likeness (QED) is 0.449. The maximum atomic E-state index is 11.3. The SMILES string of the molecule is CNC(C)(CCSc1ccc([N+](=O)[O-])cc1)C(N)=O. The Balaban J connectivity index is 2.53. The highest BCUT2D eigenvalue weighted by molar-refractivity contribution is 7.99. The molecule has 1 atom stereocenters. The van der Waals surface area contributed by atoms with E-state index in [2.05, 4.69) is 5.32 Å². The van der Waals surface area contributed by atoms with Crippen molar-refractivity contribution in [2.24, 2.45) is 5.73 Å². The molecule has 1 unspecified atom stereocenters. The van der Waals surface area contributed by atoms with Crippen LogP contribution in [0.3, 0.4) is 0 Å². The molecule has 19 heavy (non-hydrogen) atoms. The second-order valence-corrected chi connectivity index (χ2v) is 5.46. The number of primary amides is 1. The summed E-state index contributed by atoms with van der Waals surface area (Å²) < 4.78 is 0. The van der Waals surface area contributed by atoms with Crippen LogP contribution in [0.25, 0.3) is 0 Å². The Kier molecular flexibility index (Phi) is 5.31. The second kappa shape index (κ2) is 6.53. The number of thioether (sulfide) groups is 1. The molecule has 1 amide bonds. The van der Waals surface area contributed by atoms with Crippen molar-refractivity contribution in [3.8, 4) is 0 Å². The van der Waals surface area contributed by atoms with Gasteiger partial charge in [0.15, 0.2) is 0 Å². The lowest BCUT2D eigenvalue weighted by Crippen LogP contribution is -2.51. The number of hydrogen-bond donors (Lipinski definition) is 2. The van der Waals surface area contributed by atoms with Gasteiger partial charge in [-0.15, -0.1) is 11.8 Å². The standard InChI is InChI=1S/C12H17N3O3S/c1-12(14-2,11(13)16)7-8-19-10-5-3-9(4-6-10)15(17)18/h3-6,14H,7-8H2,1-2H3,(H2,13,16). The van der Waals surface area contributed by atoms with Crippen LogP contribution in [-0.2, 0) is 4.79 Å². The molecule has 0 aliphatic heterocycles. The maximum absolute atomic E-state index is 11.3. The maximum Gasteiger partial charge on any atom is 0.269 e. The van der Waals surface area contributed by atoms with Gasteiger partial charge in [-0.05, 0) is 32.5 Å². The van der Waals surface area contributed by atoms with Crippen molar-refractivity contribution in [3.05, 3.63) is 34.4 Å². The molecule has 3 N–H and O–H groups in total. The van der Waals surface area contributed by atoms with Crippen LogP contribution < -0.4 is 11.1 Å². The molecule has 0 heterocycles. The Morgan fingerprint density at radius 1 is 1.47 bits per heavy atom. The Bertz CT molecular complexity index is 464. The summed E-state index contributed by atoms with van der Waals surface area (Å²) in [7, 11) is 1.70. The number of non-ortho nitro benzene ring substituents is 1. The lowest BCUT2D eigenvalue weighted by molar-refractivity contribution is -0.384. The van der Waals surface area contributed by atoms with Crippen molar-refractivity contribution in [1.29, 1.82) is 0 Å². The molecule has 0 aliphatic rings. The molecule has 1 rings (SSSR count).